The second kappa shape index (κ2) is 12.4. The van der Waals surface area contributed by atoms with Gasteiger partial charge in [0.1, 0.15) is 18.2 Å². The van der Waals surface area contributed by atoms with E-state index >= 15 is 0 Å². The Hall–Kier alpha value is -4.24. The molecule has 228 valence electrons. The third-order valence-electron chi connectivity index (χ3n) is 7.23. The number of hydrogen-bond donors (Lipinski definition) is 1. The van der Waals surface area contributed by atoms with Crippen LogP contribution in [-0.2, 0) is 24.4 Å². The summed E-state index contributed by atoms with van der Waals surface area (Å²) in [5, 5.41) is 11.1. The zero-order chi connectivity index (χ0) is 31.6. The van der Waals surface area contributed by atoms with E-state index in [2.05, 4.69) is 40.3 Å². The van der Waals surface area contributed by atoms with Crippen LogP contribution in [0.1, 0.15) is 57.3 Å². The number of hydrogen-bond acceptors (Lipinski definition) is 6. The summed E-state index contributed by atoms with van der Waals surface area (Å²) in [5.41, 5.74) is 5.20. The van der Waals surface area contributed by atoms with Crippen molar-refractivity contribution >= 4 is 28.6 Å². The molecule has 0 amide bonds. The third kappa shape index (κ3) is 7.27. The van der Waals surface area contributed by atoms with Gasteiger partial charge in [-0.3, -0.25) is 19.7 Å². The second-order valence-corrected chi connectivity index (χ2v) is 14.5. The molecular weight excluding hydrogens is 575 g/mol. The number of halogens is 1. The fourth-order valence-electron chi connectivity index (χ4n) is 4.88. The summed E-state index contributed by atoms with van der Waals surface area (Å²) in [6.45, 7) is 12.7. The van der Waals surface area contributed by atoms with Gasteiger partial charge in [-0.2, -0.15) is 0 Å². The molecule has 0 aliphatic carbocycles. The van der Waals surface area contributed by atoms with E-state index < -0.39 is 11.4 Å². The molecule has 0 saturated carbocycles. The maximum atomic E-state index is 13.4. The van der Waals surface area contributed by atoms with Gasteiger partial charge in [-0.1, -0.05) is 45.0 Å². The van der Waals surface area contributed by atoms with Crippen molar-refractivity contribution in [3.8, 4) is 17.0 Å². The van der Waals surface area contributed by atoms with Gasteiger partial charge < -0.3 is 14.4 Å². The minimum Gasteiger partial charge on any atom is -0.487 e. The molecule has 1 N–H and O–H groups in total. The molecular formula is C35H37FN4O3S. The van der Waals surface area contributed by atoms with Gasteiger partial charge in [-0.15, -0.1) is 11.8 Å². The number of aliphatic carboxylic acids is 1. The molecule has 0 saturated heterocycles. The Balaban J connectivity index is 1.57. The molecule has 5 aromatic rings. The highest BCUT2D eigenvalue weighted by Gasteiger charge is 2.33. The SMILES string of the molecule is Cc1cnc(COc2ccc3c(c2)c(SC(C)(C)C)c(CC(C)(C)C(=O)O)n3Cc2ccc(-c3ccc(F)cn3)cc2)cn1. The number of benzene rings is 2. The molecule has 0 spiro atoms. The predicted octanol–water partition coefficient (Wildman–Crippen LogP) is 8.11. The topological polar surface area (TPSA) is 90.1 Å². The molecule has 2 aromatic carbocycles. The van der Waals surface area contributed by atoms with Gasteiger partial charge in [0.15, 0.2) is 0 Å². The molecule has 44 heavy (non-hydrogen) atoms. The van der Waals surface area contributed by atoms with E-state index in [1.54, 1.807) is 44.1 Å². The van der Waals surface area contributed by atoms with Crippen molar-refractivity contribution in [1.29, 1.82) is 0 Å². The van der Waals surface area contributed by atoms with Crippen LogP contribution in [0, 0.1) is 18.2 Å². The molecule has 0 unspecified atom stereocenters. The van der Waals surface area contributed by atoms with Crippen LogP contribution in [0.5, 0.6) is 5.75 Å². The van der Waals surface area contributed by atoms with E-state index in [9.17, 15) is 14.3 Å². The van der Waals surface area contributed by atoms with E-state index in [-0.39, 0.29) is 17.2 Å². The molecule has 0 radical (unpaired) electrons. The maximum Gasteiger partial charge on any atom is 0.309 e. The lowest BCUT2D eigenvalue weighted by atomic mass is 9.88. The maximum absolute atomic E-state index is 13.4. The van der Waals surface area contributed by atoms with Crippen LogP contribution in [0.15, 0.2) is 78.1 Å². The van der Waals surface area contributed by atoms with Crippen LogP contribution in [0.4, 0.5) is 4.39 Å². The van der Waals surface area contributed by atoms with Gasteiger partial charge in [-0.25, -0.2) is 4.39 Å². The molecule has 0 fully saturated rings. The average Bonchev–Trinajstić information content (AvgIpc) is 3.23. The van der Waals surface area contributed by atoms with Crippen molar-refractivity contribution in [3.05, 3.63) is 102 Å². The lowest BCUT2D eigenvalue weighted by Crippen LogP contribution is -2.28. The van der Waals surface area contributed by atoms with Gasteiger partial charge in [-0.05, 0) is 56.7 Å². The highest BCUT2D eigenvalue weighted by Crippen LogP contribution is 2.44. The highest BCUT2D eigenvalue weighted by molar-refractivity contribution is 8.00. The van der Waals surface area contributed by atoms with Crippen molar-refractivity contribution in [2.75, 3.05) is 0 Å². The van der Waals surface area contributed by atoms with Crippen LogP contribution in [0.25, 0.3) is 22.2 Å². The van der Waals surface area contributed by atoms with Crippen molar-refractivity contribution in [2.24, 2.45) is 5.41 Å². The Kier molecular flexibility index (Phi) is 8.79. The summed E-state index contributed by atoms with van der Waals surface area (Å²) >= 11 is 1.74. The normalized spacial score (nSPS) is 12.1. The Labute approximate surface area is 261 Å². The molecule has 0 atom stereocenters. The van der Waals surface area contributed by atoms with Gasteiger partial charge in [0, 0.05) is 51.0 Å². The first-order valence-corrected chi connectivity index (χ1v) is 15.3. The Morgan fingerprint density at radius 3 is 2.32 bits per heavy atom. The lowest BCUT2D eigenvalue weighted by molar-refractivity contribution is -0.146. The van der Waals surface area contributed by atoms with E-state index in [1.807, 2.05) is 49.4 Å². The first kappa shape index (κ1) is 31.2. The number of carbonyl (C=O) groups is 1. The standard InChI is InChI=1S/C35H37FN4O3S/c1-22-17-38-26(19-37-22)21-43-27-12-14-30-28(15-27)32(44-34(2,3)4)31(16-35(5,6)33(41)42)40(30)20-23-7-9-24(10-8-23)29-13-11-25(36)18-39-29/h7-15,17-19H,16,20-21H2,1-6H3,(H,41,42). The number of pyridine rings is 1. The van der Waals surface area contributed by atoms with E-state index in [0.29, 0.717) is 24.4 Å². The first-order chi connectivity index (χ1) is 20.8. The smallest absolute Gasteiger partial charge is 0.309 e. The van der Waals surface area contributed by atoms with Gasteiger partial charge in [0.25, 0.3) is 0 Å². The minimum atomic E-state index is -0.985. The van der Waals surface area contributed by atoms with Crippen molar-refractivity contribution < 1.29 is 19.0 Å². The molecule has 3 heterocycles. The number of rotatable bonds is 10. The summed E-state index contributed by atoms with van der Waals surface area (Å²) < 4.78 is 21.6. The van der Waals surface area contributed by atoms with Crippen LogP contribution in [0.3, 0.4) is 0 Å². The first-order valence-electron chi connectivity index (χ1n) is 14.5. The van der Waals surface area contributed by atoms with Crippen LogP contribution in [-0.4, -0.2) is 35.3 Å². The summed E-state index contributed by atoms with van der Waals surface area (Å²) in [7, 11) is 0. The molecule has 0 aliphatic heterocycles. The summed E-state index contributed by atoms with van der Waals surface area (Å²) in [4.78, 5) is 26.3. The monoisotopic (exact) mass is 612 g/mol. The summed E-state index contributed by atoms with van der Waals surface area (Å²) in [6, 6.07) is 17.1. The van der Waals surface area contributed by atoms with E-state index in [1.165, 1.54) is 12.3 Å². The number of ether oxygens (including phenoxy) is 1. The molecule has 0 aliphatic rings. The summed E-state index contributed by atoms with van der Waals surface area (Å²) in [6.07, 6.45) is 5.00. The predicted molar refractivity (Wildman–Crippen MR) is 173 cm³/mol. The number of carboxylic acid groups (broad SMARTS) is 1. The second-order valence-electron chi connectivity index (χ2n) is 12.6. The fraction of sp³-hybridized carbons (Fsp3) is 0.314. The largest absolute Gasteiger partial charge is 0.487 e. The lowest BCUT2D eigenvalue weighted by Gasteiger charge is -2.24. The Morgan fingerprint density at radius 1 is 0.955 bits per heavy atom. The van der Waals surface area contributed by atoms with Gasteiger partial charge in [0.05, 0.1) is 34.9 Å². The Bertz CT molecular complexity index is 1780. The van der Waals surface area contributed by atoms with Crippen molar-refractivity contribution in [1.82, 2.24) is 19.5 Å². The van der Waals surface area contributed by atoms with Gasteiger partial charge >= 0.3 is 5.97 Å². The van der Waals surface area contributed by atoms with Crippen LogP contribution < -0.4 is 4.74 Å². The third-order valence-corrected chi connectivity index (χ3v) is 8.50. The van der Waals surface area contributed by atoms with Crippen LogP contribution >= 0.6 is 11.8 Å². The zero-order valence-electron chi connectivity index (χ0n) is 25.9. The number of aromatic nitrogens is 4. The van der Waals surface area contributed by atoms with Crippen molar-refractivity contribution in [2.45, 2.75) is 70.8 Å². The molecule has 0 bridgehead atoms. The van der Waals surface area contributed by atoms with Gasteiger partial charge in [0.2, 0.25) is 0 Å². The molecule has 3 aromatic heterocycles. The number of nitrogens with zero attached hydrogens (tertiary/aromatic N) is 4. The number of fused-ring (bicyclic) bond motifs is 1. The number of aryl methyl sites for hydroxylation is 1. The van der Waals surface area contributed by atoms with E-state index in [0.717, 1.165) is 44.0 Å². The van der Waals surface area contributed by atoms with Crippen molar-refractivity contribution in [3.63, 3.8) is 0 Å². The average molecular weight is 613 g/mol. The van der Waals surface area contributed by atoms with Crippen LogP contribution in [0.2, 0.25) is 0 Å². The summed E-state index contributed by atoms with van der Waals surface area (Å²) in [5.74, 6) is -0.517. The number of thioether (sulfide) groups is 1. The number of carboxylic acids is 1. The molecule has 5 rings (SSSR count). The highest BCUT2D eigenvalue weighted by atomic mass is 32.2. The van der Waals surface area contributed by atoms with E-state index in [4.69, 9.17) is 4.74 Å². The Morgan fingerprint density at radius 2 is 1.70 bits per heavy atom. The fourth-order valence-corrected chi connectivity index (χ4v) is 6.06. The molecule has 9 heteroatoms. The molecule has 7 nitrogen and oxygen atoms in total. The zero-order valence-corrected chi connectivity index (χ0v) is 26.7. The quantitative estimate of drug-likeness (QED) is 0.159. The minimum absolute atomic E-state index is 0.126.